The molecule has 1 aliphatic carbocycles. The number of piperidine rings is 1. The van der Waals surface area contributed by atoms with Gasteiger partial charge in [-0.2, -0.15) is 0 Å². The number of hydrogen-bond donors (Lipinski definition) is 1. The maximum absolute atomic E-state index is 12.5. The predicted molar refractivity (Wildman–Crippen MR) is 135 cm³/mol. The molecule has 3 aliphatic rings. The van der Waals surface area contributed by atoms with Gasteiger partial charge in [-0.1, -0.05) is 11.6 Å². The molecular formula is C26H25ClN4O3S. The maximum atomic E-state index is 12.5. The van der Waals surface area contributed by atoms with E-state index < -0.39 is 0 Å². The van der Waals surface area contributed by atoms with E-state index in [4.69, 9.17) is 11.6 Å². The molecule has 3 fully saturated rings. The second-order valence-electron chi connectivity index (χ2n) is 9.68. The number of thiophene rings is 1. The Balaban J connectivity index is 1.38. The Labute approximate surface area is 212 Å². The number of pyridine rings is 1. The SMILES string of the molecule is Cc1cc(Cl)cc(-c2ccnc3cc(CN4C(=O)C5CC5C4=O)sc23)c1CN1CCNC(=O)C1C. The molecular weight excluding hydrogens is 484 g/mol. The topological polar surface area (TPSA) is 82.6 Å². The average Bonchev–Trinajstić information content (AvgIpc) is 3.46. The summed E-state index contributed by atoms with van der Waals surface area (Å²) in [7, 11) is 0. The molecule has 7 nitrogen and oxygen atoms in total. The summed E-state index contributed by atoms with van der Waals surface area (Å²) in [5.74, 6) is -0.234. The largest absolute Gasteiger partial charge is 0.353 e. The molecule has 2 aromatic heterocycles. The highest BCUT2D eigenvalue weighted by molar-refractivity contribution is 7.19. The second-order valence-corrected chi connectivity index (χ2v) is 11.3. The molecule has 4 heterocycles. The summed E-state index contributed by atoms with van der Waals surface area (Å²) in [6.45, 7) is 6.33. The van der Waals surface area contributed by atoms with Gasteiger partial charge in [0.15, 0.2) is 0 Å². The zero-order valence-electron chi connectivity index (χ0n) is 19.5. The van der Waals surface area contributed by atoms with Gasteiger partial charge in [0, 0.05) is 41.3 Å². The Bertz CT molecular complexity index is 1380. The van der Waals surface area contributed by atoms with Crippen LogP contribution in [0.15, 0.2) is 30.5 Å². The highest BCUT2D eigenvalue weighted by Gasteiger charge is 2.58. The molecule has 0 bridgehead atoms. The number of aromatic nitrogens is 1. The standard InChI is InChI=1S/C26H25ClN4O3S/c1-13-7-15(27)8-18(21(13)12-30-6-5-29-24(32)14(30)2)17-3-4-28-22-9-16(35-23(17)22)11-31-25(33)19-10-20(19)26(31)34/h3-4,7-9,14,19-20H,5-6,10-12H2,1-2H3,(H,29,32). The van der Waals surface area contributed by atoms with E-state index in [1.165, 1.54) is 4.90 Å². The number of piperazine rings is 1. The van der Waals surface area contributed by atoms with Crippen LogP contribution >= 0.6 is 22.9 Å². The molecule has 3 aromatic rings. The maximum Gasteiger partial charge on any atom is 0.237 e. The molecule has 1 saturated carbocycles. The number of amides is 3. The Morgan fingerprint density at radius 1 is 1.11 bits per heavy atom. The fraction of sp³-hybridized carbons (Fsp3) is 0.385. The number of carbonyl (C=O) groups is 3. The van der Waals surface area contributed by atoms with Crippen molar-refractivity contribution < 1.29 is 14.4 Å². The fourth-order valence-electron chi connectivity index (χ4n) is 5.31. The number of imide groups is 1. The molecule has 0 spiro atoms. The van der Waals surface area contributed by atoms with E-state index in [0.29, 0.717) is 31.1 Å². The van der Waals surface area contributed by atoms with Crippen molar-refractivity contribution in [3.63, 3.8) is 0 Å². The van der Waals surface area contributed by atoms with E-state index in [2.05, 4.69) is 15.2 Å². The molecule has 2 saturated heterocycles. The summed E-state index contributed by atoms with van der Waals surface area (Å²) < 4.78 is 0.999. The number of carbonyl (C=O) groups excluding carboxylic acids is 3. The second kappa shape index (κ2) is 8.40. The number of benzene rings is 1. The number of likely N-dealkylation sites (tertiary alicyclic amines) is 1. The first-order chi connectivity index (χ1) is 16.8. The normalized spacial score (nSPS) is 24.3. The average molecular weight is 509 g/mol. The molecule has 3 atom stereocenters. The van der Waals surface area contributed by atoms with Crippen LogP contribution in [0.3, 0.4) is 0 Å². The van der Waals surface area contributed by atoms with Crippen molar-refractivity contribution in [3.8, 4) is 11.1 Å². The number of fused-ring (bicyclic) bond motifs is 2. The van der Waals surface area contributed by atoms with Crippen molar-refractivity contribution >= 4 is 50.9 Å². The van der Waals surface area contributed by atoms with E-state index in [9.17, 15) is 14.4 Å². The minimum Gasteiger partial charge on any atom is -0.353 e. The molecule has 3 amide bonds. The molecule has 35 heavy (non-hydrogen) atoms. The molecule has 2 aliphatic heterocycles. The Morgan fingerprint density at radius 2 is 1.89 bits per heavy atom. The van der Waals surface area contributed by atoms with Crippen LogP contribution in [0.2, 0.25) is 5.02 Å². The van der Waals surface area contributed by atoms with Crippen molar-refractivity contribution in [2.24, 2.45) is 11.8 Å². The van der Waals surface area contributed by atoms with Crippen LogP contribution in [0.25, 0.3) is 21.3 Å². The fourth-order valence-corrected chi connectivity index (χ4v) is 6.71. The Hall–Kier alpha value is -2.81. The van der Waals surface area contributed by atoms with Gasteiger partial charge in [-0.15, -0.1) is 11.3 Å². The van der Waals surface area contributed by atoms with Gasteiger partial charge in [0.2, 0.25) is 17.7 Å². The summed E-state index contributed by atoms with van der Waals surface area (Å²) in [5.41, 5.74) is 5.07. The molecule has 180 valence electrons. The van der Waals surface area contributed by atoms with Crippen LogP contribution < -0.4 is 5.32 Å². The first-order valence-corrected chi connectivity index (χ1v) is 13.0. The monoisotopic (exact) mass is 508 g/mol. The quantitative estimate of drug-likeness (QED) is 0.531. The number of halogens is 1. The van der Waals surface area contributed by atoms with Gasteiger partial charge in [0.1, 0.15) is 0 Å². The van der Waals surface area contributed by atoms with Gasteiger partial charge >= 0.3 is 0 Å². The third-order valence-corrected chi connectivity index (χ3v) is 8.81. The number of hydrogen-bond acceptors (Lipinski definition) is 6. The molecule has 9 heteroatoms. The number of nitrogens with zero attached hydrogens (tertiary/aromatic N) is 3. The van der Waals surface area contributed by atoms with Crippen molar-refractivity contribution in [2.75, 3.05) is 13.1 Å². The molecule has 1 N–H and O–H groups in total. The highest BCUT2D eigenvalue weighted by atomic mass is 35.5. The van der Waals surface area contributed by atoms with Crippen LogP contribution in [0.5, 0.6) is 0 Å². The summed E-state index contributed by atoms with van der Waals surface area (Å²) in [6, 6.07) is 7.70. The van der Waals surface area contributed by atoms with E-state index in [-0.39, 0.29) is 35.6 Å². The van der Waals surface area contributed by atoms with Crippen LogP contribution in [-0.2, 0) is 27.5 Å². The van der Waals surface area contributed by atoms with Crippen LogP contribution in [0.4, 0.5) is 0 Å². The van der Waals surface area contributed by atoms with E-state index >= 15 is 0 Å². The molecule has 1 aromatic carbocycles. The number of nitrogens with one attached hydrogen (secondary N) is 1. The molecule has 6 rings (SSSR count). The highest BCUT2D eigenvalue weighted by Crippen LogP contribution is 2.48. The minimum absolute atomic E-state index is 0.0434. The van der Waals surface area contributed by atoms with Crippen LogP contribution in [0, 0.1) is 18.8 Å². The van der Waals surface area contributed by atoms with Gasteiger partial charge < -0.3 is 5.32 Å². The first kappa shape index (κ1) is 22.6. The minimum atomic E-state index is -0.209. The van der Waals surface area contributed by atoms with Gasteiger partial charge in [-0.25, -0.2) is 0 Å². The zero-order valence-corrected chi connectivity index (χ0v) is 21.1. The summed E-state index contributed by atoms with van der Waals surface area (Å²) in [5, 5.41) is 3.58. The van der Waals surface area contributed by atoms with Crippen molar-refractivity contribution in [1.29, 1.82) is 0 Å². The number of aryl methyl sites for hydroxylation is 1. The molecule has 3 unspecified atom stereocenters. The lowest BCUT2D eigenvalue weighted by Crippen LogP contribution is -2.53. The van der Waals surface area contributed by atoms with Crippen molar-refractivity contribution in [2.45, 2.75) is 39.4 Å². The van der Waals surface area contributed by atoms with E-state index in [0.717, 1.165) is 43.9 Å². The van der Waals surface area contributed by atoms with Crippen LogP contribution in [-0.4, -0.2) is 51.6 Å². The summed E-state index contributed by atoms with van der Waals surface area (Å²) >= 11 is 8.08. The lowest BCUT2D eigenvalue weighted by atomic mass is 9.95. The van der Waals surface area contributed by atoms with Crippen LogP contribution in [0.1, 0.15) is 29.3 Å². The van der Waals surface area contributed by atoms with Gasteiger partial charge in [-0.05, 0) is 61.2 Å². The van der Waals surface area contributed by atoms with Crippen molar-refractivity contribution in [3.05, 3.63) is 51.5 Å². The Kier molecular flexibility index (Phi) is 5.43. The molecule has 0 radical (unpaired) electrons. The number of rotatable bonds is 5. The first-order valence-electron chi connectivity index (χ1n) is 11.9. The van der Waals surface area contributed by atoms with Gasteiger partial charge in [0.05, 0.1) is 34.6 Å². The smallest absolute Gasteiger partial charge is 0.237 e. The van der Waals surface area contributed by atoms with E-state index in [1.54, 1.807) is 17.5 Å². The Morgan fingerprint density at radius 3 is 2.66 bits per heavy atom. The third-order valence-electron chi connectivity index (χ3n) is 7.45. The predicted octanol–water partition coefficient (Wildman–Crippen LogP) is 3.75. The van der Waals surface area contributed by atoms with Gasteiger partial charge in [-0.3, -0.25) is 29.2 Å². The zero-order chi connectivity index (χ0) is 24.4. The lowest BCUT2D eigenvalue weighted by molar-refractivity contribution is -0.142. The summed E-state index contributed by atoms with van der Waals surface area (Å²) in [6.07, 6.45) is 2.49. The third kappa shape index (κ3) is 3.84. The lowest BCUT2D eigenvalue weighted by Gasteiger charge is -2.33. The van der Waals surface area contributed by atoms with Crippen molar-refractivity contribution in [1.82, 2.24) is 20.1 Å². The van der Waals surface area contributed by atoms with E-state index in [1.807, 2.05) is 38.1 Å². The summed E-state index contributed by atoms with van der Waals surface area (Å²) in [4.78, 5) is 46.3. The van der Waals surface area contributed by atoms with Gasteiger partial charge in [0.25, 0.3) is 0 Å².